The first-order chi connectivity index (χ1) is 33.3. The van der Waals surface area contributed by atoms with Crippen LogP contribution < -0.4 is 9.80 Å². The zero-order chi connectivity index (χ0) is 45.7. The van der Waals surface area contributed by atoms with Crippen LogP contribution in [0.1, 0.15) is 44.5 Å². The molecule has 324 valence electrons. The zero-order valence-electron chi connectivity index (χ0n) is 38.6. The van der Waals surface area contributed by atoms with E-state index in [9.17, 15) is 0 Å². The van der Waals surface area contributed by atoms with Crippen molar-refractivity contribution in [3.05, 3.63) is 263 Å². The van der Waals surface area contributed by atoms with Gasteiger partial charge in [0.25, 0.3) is 0 Å². The second-order valence-corrected chi connectivity index (χ2v) is 18.8. The van der Waals surface area contributed by atoms with Crippen molar-refractivity contribution in [2.45, 2.75) is 33.1 Å². The molecule has 68 heavy (non-hydrogen) atoms. The average molecular weight is 873 g/mol. The van der Waals surface area contributed by atoms with Gasteiger partial charge in [0.1, 0.15) is 11.2 Å². The average Bonchev–Trinajstić information content (AvgIpc) is 3.87. The van der Waals surface area contributed by atoms with Crippen molar-refractivity contribution in [2.24, 2.45) is 0 Å². The SMILES string of the molecule is Cc1ccc(N(c2ccc(C)cc2)c2ccc3c(c2)C2(c4cc(N(c5ccc(C)cc5)c5ccc(C)cc5)ccc4-c4ccccc4-3)c3ccccc3-c3c2ccc2oc4ccccc4c32)cc1. The summed E-state index contributed by atoms with van der Waals surface area (Å²) in [7, 11) is 0. The van der Waals surface area contributed by atoms with Gasteiger partial charge in [0.05, 0.1) is 5.41 Å². The van der Waals surface area contributed by atoms with E-state index >= 15 is 0 Å². The summed E-state index contributed by atoms with van der Waals surface area (Å²) in [4.78, 5) is 4.85. The van der Waals surface area contributed by atoms with Gasteiger partial charge in [0.15, 0.2) is 0 Å². The van der Waals surface area contributed by atoms with E-state index in [4.69, 9.17) is 4.42 Å². The molecule has 1 aromatic heterocycles. The van der Waals surface area contributed by atoms with Crippen LogP contribution in [-0.2, 0) is 5.41 Å². The number of nitrogens with zero attached hydrogens (tertiary/aromatic N) is 2. The second kappa shape index (κ2) is 15.3. The fraction of sp³-hybridized carbons (Fsp3) is 0.0769. The highest BCUT2D eigenvalue weighted by Gasteiger charge is 2.51. The zero-order valence-corrected chi connectivity index (χ0v) is 38.6. The van der Waals surface area contributed by atoms with Crippen LogP contribution in [0.15, 0.2) is 223 Å². The Bertz CT molecular complexity index is 3510. The summed E-state index contributed by atoms with van der Waals surface area (Å²) in [6.45, 7) is 8.62. The maximum absolute atomic E-state index is 6.70. The van der Waals surface area contributed by atoms with Crippen molar-refractivity contribution in [2.75, 3.05) is 9.80 Å². The molecule has 0 atom stereocenters. The van der Waals surface area contributed by atoms with Crippen LogP contribution in [0.5, 0.6) is 0 Å². The fourth-order valence-electron chi connectivity index (χ4n) is 11.4. The molecule has 0 N–H and O–H groups in total. The lowest BCUT2D eigenvalue weighted by atomic mass is 9.65. The van der Waals surface area contributed by atoms with Crippen LogP contribution in [-0.4, -0.2) is 0 Å². The molecule has 13 rings (SSSR count). The van der Waals surface area contributed by atoms with Gasteiger partial charge in [-0.15, -0.1) is 0 Å². The molecule has 11 aromatic rings. The van der Waals surface area contributed by atoms with Gasteiger partial charge in [-0.1, -0.05) is 156 Å². The quantitative estimate of drug-likeness (QED) is 0.166. The first-order valence-electron chi connectivity index (χ1n) is 23.7. The smallest absolute Gasteiger partial charge is 0.136 e. The first kappa shape index (κ1) is 39.9. The molecule has 3 heteroatoms. The van der Waals surface area contributed by atoms with Crippen LogP contribution in [0, 0.1) is 27.7 Å². The first-order valence-corrected chi connectivity index (χ1v) is 23.7. The molecule has 1 heterocycles. The molecule has 10 aromatic carbocycles. The molecule has 0 fully saturated rings. The van der Waals surface area contributed by atoms with E-state index < -0.39 is 5.41 Å². The molecule has 2 aliphatic rings. The number of benzene rings is 10. The third-order valence-electron chi connectivity index (χ3n) is 14.6. The molecule has 0 saturated carbocycles. The molecule has 0 unspecified atom stereocenters. The minimum absolute atomic E-state index is 0.785. The predicted molar refractivity (Wildman–Crippen MR) is 284 cm³/mol. The van der Waals surface area contributed by atoms with E-state index in [1.165, 1.54) is 77.9 Å². The molecule has 2 aliphatic carbocycles. The Kier molecular flexibility index (Phi) is 9.00. The van der Waals surface area contributed by atoms with E-state index in [0.29, 0.717) is 0 Å². The van der Waals surface area contributed by atoms with Gasteiger partial charge < -0.3 is 14.2 Å². The highest BCUT2D eigenvalue weighted by molar-refractivity contribution is 6.16. The Balaban J connectivity index is 1.19. The number of anilines is 6. The van der Waals surface area contributed by atoms with E-state index in [0.717, 1.165) is 56.1 Å². The lowest BCUT2D eigenvalue weighted by Crippen LogP contribution is -2.30. The van der Waals surface area contributed by atoms with Gasteiger partial charge in [-0.25, -0.2) is 0 Å². The second-order valence-electron chi connectivity index (χ2n) is 18.8. The summed E-state index contributed by atoms with van der Waals surface area (Å²) in [6.07, 6.45) is 0. The number of hydrogen-bond acceptors (Lipinski definition) is 3. The van der Waals surface area contributed by atoms with Gasteiger partial charge in [-0.2, -0.15) is 0 Å². The summed E-state index contributed by atoms with van der Waals surface area (Å²) in [5.74, 6) is 0. The van der Waals surface area contributed by atoms with Crippen LogP contribution in [0.4, 0.5) is 34.1 Å². The standard InChI is InChI=1S/C65H48N2O/c1-41-17-25-45(26-18-41)66(46-27-19-42(2)20-28-46)49-33-35-53-51-11-5-6-12-52(51)54-36-34-50(67(47-29-21-43(3)22-30-47)48-31-23-44(4)24-32-48)40-60(54)65(59(53)39-49)57-15-9-7-13-55(57)63-58(65)37-38-62-64(63)56-14-8-10-16-61(56)68-62/h5-40H,1-4H3. The lowest BCUT2D eigenvalue weighted by molar-refractivity contribution is 0.668. The van der Waals surface area contributed by atoms with Crippen molar-refractivity contribution in [3.8, 4) is 33.4 Å². The molecular weight excluding hydrogens is 825 g/mol. The summed E-state index contributed by atoms with van der Waals surface area (Å²) >= 11 is 0. The fourth-order valence-corrected chi connectivity index (χ4v) is 11.4. The summed E-state index contributed by atoms with van der Waals surface area (Å²) in [5, 5.41) is 2.28. The third kappa shape index (κ3) is 5.98. The molecule has 0 bridgehead atoms. The van der Waals surface area contributed by atoms with E-state index in [1.807, 2.05) is 0 Å². The number of aryl methyl sites for hydroxylation is 4. The Hall–Kier alpha value is -8.40. The number of furan rings is 1. The van der Waals surface area contributed by atoms with Crippen molar-refractivity contribution in [1.82, 2.24) is 0 Å². The Morgan fingerprint density at radius 1 is 0.309 bits per heavy atom. The summed E-state index contributed by atoms with van der Waals surface area (Å²) in [6, 6.07) is 81.5. The molecule has 3 nitrogen and oxygen atoms in total. The highest BCUT2D eigenvalue weighted by atomic mass is 16.3. The van der Waals surface area contributed by atoms with Crippen molar-refractivity contribution in [3.63, 3.8) is 0 Å². The molecule has 0 amide bonds. The maximum Gasteiger partial charge on any atom is 0.136 e. The van der Waals surface area contributed by atoms with Crippen LogP contribution in [0.3, 0.4) is 0 Å². The van der Waals surface area contributed by atoms with Gasteiger partial charge in [-0.3, -0.25) is 0 Å². The third-order valence-corrected chi connectivity index (χ3v) is 14.6. The minimum atomic E-state index is -0.785. The van der Waals surface area contributed by atoms with Gasteiger partial charge in [0.2, 0.25) is 0 Å². The Labute approximate surface area is 397 Å². The van der Waals surface area contributed by atoms with E-state index in [1.54, 1.807) is 0 Å². The van der Waals surface area contributed by atoms with Gasteiger partial charge in [-0.05, 0) is 168 Å². The van der Waals surface area contributed by atoms with Crippen LogP contribution >= 0.6 is 0 Å². The summed E-state index contributed by atoms with van der Waals surface area (Å²) < 4.78 is 6.70. The molecule has 0 saturated heterocycles. The summed E-state index contributed by atoms with van der Waals surface area (Å²) in [5.41, 5.74) is 24.8. The van der Waals surface area contributed by atoms with E-state index in [2.05, 4.69) is 256 Å². The molecule has 0 aliphatic heterocycles. The van der Waals surface area contributed by atoms with Crippen LogP contribution in [0.25, 0.3) is 55.3 Å². The minimum Gasteiger partial charge on any atom is -0.456 e. The Morgan fingerprint density at radius 2 is 0.721 bits per heavy atom. The van der Waals surface area contributed by atoms with Crippen molar-refractivity contribution in [1.29, 1.82) is 0 Å². The van der Waals surface area contributed by atoms with Crippen molar-refractivity contribution < 1.29 is 4.42 Å². The highest BCUT2D eigenvalue weighted by Crippen LogP contribution is 2.64. The van der Waals surface area contributed by atoms with E-state index in [-0.39, 0.29) is 0 Å². The number of fused-ring (bicyclic) bond motifs is 16. The normalized spacial score (nSPS) is 12.8. The number of hydrogen-bond donors (Lipinski definition) is 0. The molecule has 0 radical (unpaired) electrons. The molecule has 1 spiro atoms. The number of rotatable bonds is 6. The van der Waals surface area contributed by atoms with Crippen LogP contribution in [0.2, 0.25) is 0 Å². The predicted octanol–water partition coefficient (Wildman–Crippen LogP) is 17.8. The van der Waals surface area contributed by atoms with Gasteiger partial charge >= 0.3 is 0 Å². The van der Waals surface area contributed by atoms with Gasteiger partial charge in [0, 0.05) is 44.9 Å². The number of para-hydroxylation sites is 1. The molecular formula is C65H48N2O. The van der Waals surface area contributed by atoms with Crippen molar-refractivity contribution >= 4 is 56.1 Å². The Morgan fingerprint density at radius 3 is 1.21 bits per heavy atom. The lowest BCUT2D eigenvalue weighted by Gasteiger charge is -2.37. The maximum atomic E-state index is 6.70. The monoisotopic (exact) mass is 872 g/mol. The topological polar surface area (TPSA) is 19.6 Å². The largest absolute Gasteiger partial charge is 0.456 e.